The molecule has 0 aromatic heterocycles. The number of rotatable bonds is 7. The molecule has 258 valence electrons. The molecule has 0 radical (unpaired) electrons. The fourth-order valence-corrected chi connectivity index (χ4v) is 12.4. The van der Waals surface area contributed by atoms with Gasteiger partial charge in [-0.05, 0) is 104 Å². The SMILES string of the molecule is CC(=O)O[C@@H]1C[C@]23COC[C@](C)([C@@H]2CC[C@H]2C3=CC[C@@]3(C)[C@H](C(=O)O)[C@@](C)([C@H](C)C(C)C)CC[C@]23C)[C@H]1OC(=O)CN1CCCC1. The van der Waals surface area contributed by atoms with E-state index in [-0.39, 0.29) is 52.5 Å². The number of carbonyl (C=O) groups is 3. The van der Waals surface area contributed by atoms with Crippen molar-refractivity contribution in [1.82, 2.24) is 4.90 Å². The first-order valence-corrected chi connectivity index (χ1v) is 18.1. The van der Waals surface area contributed by atoms with Crippen molar-refractivity contribution in [3.63, 3.8) is 0 Å². The summed E-state index contributed by atoms with van der Waals surface area (Å²) in [5.74, 6) is -0.593. The Kier molecular flexibility index (Phi) is 8.56. The van der Waals surface area contributed by atoms with Crippen molar-refractivity contribution < 1.29 is 33.7 Å². The lowest BCUT2D eigenvalue weighted by Gasteiger charge is -2.71. The molecule has 2 saturated heterocycles. The van der Waals surface area contributed by atoms with E-state index in [1.807, 2.05) is 0 Å². The molecule has 0 aromatic rings. The first-order chi connectivity index (χ1) is 21.5. The Labute approximate surface area is 276 Å². The van der Waals surface area contributed by atoms with Crippen LogP contribution in [0, 0.1) is 56.7 Å². The second kappa shape index (κ2) is 11.6. The van der Waals surface area contributed by atoms with Crippen LogP contribution in [0.3, 0.4) is 0 Å². The minimum Gasteiger partial charge on any atom is -0.481 e. The summed E-state index contributed by atoms with van der Waals surface area (Å²) >= 11 is 0. The maximum atomic E-state index is 13.3. The van der Waals surface area contributed by atoms with Crippen LogP contribution in [0.4, 0.5) is 0 Å². The van der Waals surface area contributed by atoms with E-state index in [0.717, 1.165) is 51.6 Å². The van der Waals surface area contributed by atoms with Gasteiger partial charge in [0.15, 0.2) is 0 Å². The Balaban J connectivity index is 1.38. The normalized spacial score (nSPS) is 45.9. The Morgan fingerprint density at radius 2 is 1.70 bits per heavy atom. The second-order valence-electron chi connectivity index (χ2n) is 17.6. The molecule has 5 fully saturated rings. The highest BCUT2D eigenvalue weighted by atomic mass is 16.6. The van der Waals surface area contributed by atoms with Gasteiger partial charge >= 0.3 is 17.9 Å². The minimum absolute atomic E-state index is 0.195. The van der Waals surface area contributed by atoms with Crippen molar-refractivity contribution in [1.29, 1.82) is 0 Å². The van der Waals surface area contributed by atoms with Crippen LogP contribution >= 0.6 is 0 Å². The number of ether oxygens (including phenoxy) is 3. The number of esters is 2. The van der Waals surface area contributed by atoms with Crippen molar-refractivity contribution in [2.45, 2.75) is 119 Å². The molecule has 2 aliphatic heterocycles. The molecule has 3 saturated carbocycles. The molecule has 0 spiro atoms. The van der Waals surface area contributed by atoms with Crippen molar-refractivity contribution in [3.8, 4) is 0 Å². The van der Waals surface area contributed by atoms with Crippen LogP contribution in [0.1, 0.15) is 107 Å². The number of carbonyl (C=O) groups excluding carboxylic acids is 2. The number of fused-ring (bicyclic) bond motifs is 3. The topological polar surface area (TPSA) is 102 Å². The molecule has 0 aromatic carbocycles. The van der Waals surface area contributed by atoms with Crippen molar-refractivity contribution in [2.75, 3.05) is 32.8 Å². The number of carboxylic acid groups (broad SMARTS) is 1. The second-order valence-corrected chi connectivity index (χ2v) is 17.6. The molecule has 2 heterocycles. The largest absolute Gasteiger partial charge is 0.481 e. The third kappa shape index (κ3) is 4.84. The van der Waals surface area contributed by atoms with Gasteiger partial charge in [0.25, 0.3) is 0 Å². The summed E-state index contributed by atoms with van der Waals surface area (Å²) in [5, 5.41) is 11.0. The van der Waals surface area contributed by atoms with Crippen molar-refractivity contribution >= 4 is 17.9 Å². The zero-order valence-electron chi connectivity index (χ0n) is 29.7. The zero-order valence-corrected chi connectivity index (χ0v) is 29.7. The summed E-state index contributed by atoms with van der Waals surface area (Å²) in [4.78, 5) is 41.4. The molecule has 6 rings (SSSR count). The number of hydrogen-bond acceptors (Lipinski definition) is 7. The maximum absolute atomic E-state index is 13.3. The van der Waals surface area contributed by atoms with Crippen LogP contribution in [0.15, 0.2) is 11.6 Å². The van der Waals surface area contributed by atoms with E-state index in [1.54, 1.807) is 0 Å². The third-order valence-electron chi connectivity index (χ3n) is 15.2. The fourth-order valence-electron chi connectivity index (χ4n) is 12.4. The Hall–Kier alpha value is -1.93. The van der Waals surface area contributed by atoms with E-state index in [2.05, 4.69) is 59.4 Å². The van der Waals surface area contributed by atoms with Gasteiger partial charge in [0.1, 0.15) is 12.2 Å². The van der Waals surface area contributed by atoms with Gasteiger partial charge in [0.2, 0.25) is 0 Å². The van der Waals surface area contributed by atoms with Gasteiger partial charge in [-0.3, -0.25) is 19.3 Å². The molecular weight excluding hydrogens is 582 g/mol. The van der Waals surface area contributed by atoms with Crippen LogP contribution in [0.5, 0.6) is 0 Å². The Morgan fingerprint density at radius 1 is 1.00 bits per heavy atom. The monoisotopic (exact) mass is 641 g/mol. The minimum atomic E-state index is -0.660. The summed E-state index contributed by atoms with van der Waals surface area (Å²) in [6.07, 6.45) is 8.57. The van der Waals surface area contributed by atoms with Gasteiger partial charge < -0.3 is 19.3 Å². The van der Waals surface area contributed by atoms with Gasteiger partial charge in [-0.2, -0.15) is 0 Å². The first kappa shape index (κ1) is 34.0. The highest BCUT2D eigenvalue weighted by Gasteiger charge is 2.72. The van der Waals surface area contributed by atoms with E-state index < -0.39 is 34.9 Å². The van der Waals surface area contributed by atoms with Crippen LogP contribution in [-0.2, 0) is 28.6 Å². The molecule has 8 nitrogen and oxygen atoms in total. The Morgan fingerprint density at radius 3 is 2.33 bits per heavy atom. The number of likely N-dealkylation sites (tertiary alicyclic amines) is 1. The van der Waals surface area contributed by atoms with E-state index in [1.165, 1.54) is 12.5 Å². The van der Waals surface area contributed by atoms with E-state index in [0.29, 0.717) is 32.0 Å². The van der Waals surface area contributed by atoms with Crippen LogP contribution in [0.25, 0.3) is 0 Å². The van der Waals surface area contributed by atoms with Crippen molar-refractivity contribution in [2.24, 2.45) is 56.7 Å². The molecule has 46 heavy (non-hydrogen) atoms. The lowest BCUT2D eigenvalue weighted by Crippen LogP contribution is -2.70. The summed E-state index contributed by atoms with van der Waals surface area (Å²) < 4.78 is 18.9. The molecule has 0 unspecified atom stereocenters. The number of allylic oxidation sites excluding steroid dienone is 1. The first-order valence-electron chi connectivity index (χ1n) is 18.1. The van der Waals surface area contributed by atoms with Crippen LogP contribution in [-0.4, -0.2) is 73.0 Å². The number of carboxylic acids is 1. The van der Waals surface area contributed by atoms with Crippen LogP contribution in [0.2, 0.25) is 0 Å². The molecule has 6 aliphatic rings. The molecule has 1 N–H and O–H groups in total. The lowest BCUT2D eigenvalue weighted by molar-refractivity contribution is -0.263. The van der Waals surface area contributed by atoms with Crippen LogP contribution < -0.4 is 0 Å². The van der Waals surface area contributed by atoms with Gasteiger partial charge in [-0.1, -0.05) is 60.1 Å². The number of aliphatic carboxylic acids is 1. The van der Waals surface area contributed by atoms with Gasteiger partial charge in [-0.25, -0.2) is 0 Å². The highest BCUT2D eigenvalue weighted by molar-refractivity contribution is 5.73. The maximum Gasteiger partial charge on any atom is 0.320 e. The number of hydrogen-bond donors (Lipinski definition) is 1. The van der Waals surface area contributed by atoms with E-state index in [4.69, 9.17) is 14.2 Å². The van der Waals surface area contributed by atoms with Gasteiger partial charge in [-0.15, -0.1) is 0 Å². The average molecular weight is 642 g/mol. The highest BCUT2D eigenvalue weighted by Crippen LogP contribution is 2.75. The van der Waals surface area contributed by atoms with Crippen molar-refractivity contribution in [3.05, 3.63) is 11.6 Å². The van der Waals surface area contributed by atoms with Gasteiger partial charge in [0, 0.05) is 17.8 Å². The quantitative estimate of drug-likeness (QED) is 0.248. The van der Waals surface area contributed by atoms with E-state index in [9.17, 15) is 19.5 Å². The summed E-state index contributed by atoms with van der Waals surface area (Å²) in [6.45, 7) is 20.3. The Bertz CT molecular complexity index is 1270. The smallest absolute Gasteiger partial charge is 0.320 e. The van der Waals surface area contributed by atoms with E-state index >= 15 is 0 Å². The predicted molar refractivity (Wildman–Crippen MR) is 175 cm³/mol. The summed E-state index contributed by atoms with van der Waals surface area (Å²) in [5.41, 5.74) is -0.352. The number of nitrogens with zero attached hydrogens (tertiary/aromatic N) is 1. The molecule has 4 aliphatic carbocycles. The molecule has 11 atom stereocenters. The summed E-state index contributed by atoms with van der Waals surface area (Å²) in [6, 6.07) is 0. The molecule has 8 heteroatoms. The lowest BCUT2D eigenvalue weighted by atomic mass is 9.34. The van der Waals surface area contributed by atoms with Gasteiger partial charge in [0.05, 0.1) is 25.7 Å². The summed E-state index contributed by atoms with van der Waals surface area (Å²) in [7, 11) is 0. The molecule has 0 amide bonds. The average Bonchev–Trinajstić information content (AvgIpc) is 3.47. The standard InChI is InChI=1S/C38H59NO7/c1-23(2)24(3)34(5)15-16-36(7)26-11-12-29-35(6)21-44-22-38(29,27(26)13-14-37(36,8)31(34)33(42)43)19-28(45-25(4)40)32(35)46-30(41)20-39-17-9-10-18-39/h13,23-24,26,28-29,31-32H,9-12,14-22H2,1-8H3,(H,42,43)/t24-,26+,28-,29+,31-,32+,34-,35-,36-,37+,38-/m1/s1. The third-order valence-corrected chi connectivity index (χ3v) is 15.2. The molecule has 2 bridgehead atoms. The fraction of sp³-hybridized carbons (Fsp3) is 0.868. The zero-order chi connectivity index (χ0) is 33.4. The predicted octanol–water partition coefficient (Wildman–Crippen LogP) is 6.51. The molecular formula is C38H59NO7.